The van der Waals surface area contributed by atoms with E-state index in [9.17, 15) is 0 Å². The number of hydrogen-bond donors (Lipinski definition) is 0. The molecule has 0 atom stereocenters. The molecule has 44 heavy (non-hydrogen) atoms. The van der Waals surface area contributed by atoms with Gasteiger partial charge in [0.25, 0.3) is 6.33 Å². The van der Waals surface area contributed by atoms with Gasteiger partial charge in [0.1, 0.15) is 17.3 Å². The number of rotatable bonds is 5. The molecule has 0 amide bonds. The average molecular weight is 577 g/mol. The fraction of sp³-hybridized carbons (Fsp3) is 0.179. The normalized spacial score (nSPS) is 11.9. The topological polar surface area (TPSA) is 35.9 Å². The Kier molecular flexibility index (Phi) is 6.62. The lowest BCUT2D eigenvalue weighted by molar-refractivity contribution is -0.606. The van der Waals surface area contributed by atoms with Crippen LogP contribution in [0.5, 0.6) is 11.5 Å². The molecule has 0 radical (unpaired) electrons. The zero-order chi connectivity index (χ0) is 30.6. The highest BCUT2D eigenvalue weighted by molar-refractivity contribution is 6.09. The second kappa shape index (κ2) is 10.5. The Morgan fingerprint density at radius 1 is 0.750 bits per heavy atom. The van der Waals surface area contributed by atoms with Crippen molar-refractivity contribution in [2.45, 2.75) is 47.0 Å². The lowest BCUT2D eigenvalue weighted by Crippen LogP contribution is -2.33. The fourth-order valence-electron chi connectivity index (χ4n) is 5.90. The first kappa shape index (κ1) is 27.7. The Morgan fingerprint density at radius 2 is 1.55 bits per heavy atom. The second-order valence-corrected chi connectivity index (χ2v) is 12.6. The maximum atomic E-state index is 6.50. The van der Waals surface area contributed by atoms with Crippen molar-refractivity contribution in [3.63, 3.8) is 0 Å². The summed E-state index contributed by atoms with van der Waals surface area (Å²) in [6.07, 6.45) is 7.53. The number of imidazole rings is 1. The molecule has 0 saturated heterocycles. The van der Waals surface area contributed by atoms with Gasteiger partial charge in [0.05, 0.1) is 22.4 Å². The number of ether oxygens (including phenoxy) is 1. The fourth-order valence-corrected chi connectivity index (χ4v) is 5.90. The van der Waals surface area contributed by atoms with Crippen molar-refractivity contribution in [2.24, 2.45) is 0 Å². The van der Waals surface area contributed by atoms with Crippen molar-refractivity contribution < 1.29 is 9.30 Å². The molecule has 218 valence electrons. The molecule has 7 rings (SSSR count). The Hall–Kier alpha value is -5.16. The number of fused-ring (bicyclic) bond motifs is 3. The molecule has 7 aromatic rings. The van der Waals surface area contributed by atoms with Gasteiger partial charge in [0, 0.05) is 34.9 Å². The largest absolute Gasteiger partial charge is 0.458 e. The van der Waals surface area contributed by atoms with Gasteiger partial charge in [-0.15, -0.1) is 0 Å². The van der Waals surface area contributed by atoms with Crippen LogP contribution in [-0.2, 0) is 5.41 Å². The van der Waals surface area contributed by atoms with E-state index < -0.39 is 0 Å². The Balaban J connectivity index is 1.27. The van der Waals surface area contributed by atoms with E-state index in [1.807, 2.05) is 29.0 Å². The van der Waals surface area contributed by atoms with Crippen molar-refractivity contribution in [2.75, 3.05) is 0 Å². The standard InChI is InChI=1S/C39H36N4O/c1-26-14-15-27(2)36(20-26)42-25-41(24-28(42)3)30-10-9-11-31(22-30)44-32-16-17-34-33-12-7-8-13-35(33)43(37(34)23-32)38-21-29(18-19-40-38)39(4,5)6/h7-24H,1-6H3. The third kappa shape index (κ3) is 4.94. The van der Waals surface area contributed by atoms with E-state index in [0.29, 0.717) is 0 Å². The Labute approximate surface area is 258 Å². The number of hydrogen-bond acceptors (Lipinski definition) is 2. The van der Waals surface area contributed by atoms with Gasteiger partial charge >= 0.3 is 0 Å². The molecule has 0 spiro atoms. The summed E-state index contributed by atoms with van der Waals surface area (Å²) in [5.41, 5.74) is 9.10. The maximum Gasteiger partial charge on any atom is 0.269 e. The van der Waals surface area contributed by atoms with Crippen molar-refractivity contribution in [1.82, 2.24) is 14.1 Å². The first-order valence-electron chi connectivity index (χ1n) is 15.0. The van der Waals surface area contributed by atoms with Crippen molar-refractivity contribution in [3.8, 4) is 28.7 Å². The summed E-state index contributed by atoms with van der Waals surface area (Å²) in [5.74, 6) is 2.43. The van der Waals surface area contributed by atoms with E-state index in [2.05, 4.69) is 142 Å². The molecule has 4 aromatic carbocycles. The first-order chi connectivity index (χ1) is 21.2. The van der Waals surface area contributed by atoms with Crippen LogP contribution in [0.4, 0.5) is 0 Å². The predicted octanol–water partition coefficient (Wildman–Crippen LogP) is 9.06. The number of pyridine rings is 1. The number of nitrogens with zero attached hydrogens (tertiary/aromatic N) is 4. The SMILES string of the molecule is Cc1ccc(C)c(-[n+]2[c-]n(-c3cccc(Oc4ccc5c6ccccc6n(-c6cc(C(C)(C)C)ccn6)c5c4)c3)cc2C)c1. The summed E-state index contributed by atoms with van der Waals surface area (Å²) < 4.78 is 12.9. The van der Waals surface area contributed by atoms with Crippen molar-refractivity contribution >= 4 is 21.8 Å². The lowest BCUT2D eigenvalue weighted by atomic mass is 9.88. The molecule has 0 unspecified atom stereocenters. The third-order valence-corrected chi connectivity index (χ3v) is 8.30. The van der Waals surface area contributed by atoms with Crippen molar-refractivity contribution in [3.05, 3.63) is 138 Å². The smallest absolute Gasteiger partial charge is 0.269 e. The van der Waals surface area contributed by atoms with E-state index in [1.54, 1.807) is 0 Å². The van der Waals surface area contributed by atoms with Gasteiger partial charge in [-0.05, 0) is 91.9 Å². The van der Waals surface area contributed by atoms with Crippen LogP contribution in [0.1, 0.15) is 43.2 Å². The van der Waals surface area contributed by atoms with E-state index in [-0.39, 0.29) is 5.41 Å². The van der Waals surface area contributed by atoms with E-state index in [0.717, 1.165) is 50.8 Å². The van der Waals surface area contributed by atoms with Gasteiger partial charge in [-0.1, -0.05) is 62.7 Å². The molecule has 0 aliphatic rings. The lowest BCUT2D eigenvalue weighted by Gasteiger charge is -2.20. The number of aryl methyl sites for hydroxylation is 3. The summed E-state index contributed by atoms with van der Waals surface area (Å²) >= 11 is 0. The second-order valence-electron chi connectivity index (χ2n) is 12.6. The summed E-state index contributed by atoms with van der Waals surface area (Å²) in [7, 11) is 0. The zero-order valence-electron chi connectivity index (χ0n) is 26.1. The monoisotopic (exact) mass is 576 g/mol. The molecular formula is C39H36N4O. The zero-order valence-corrected chi connectivity index (χ0v) is 26.1. The van der Waals surface area contributed by atoms with Crippen molar-refractivity contribution in [1.29, 1.82) is 0 Å². The van der Waals surface area contributed by atoms with Crippen LogP contribution in [0.2, 0.25) is 0 Å². The molecule has 5 heteroatoms. The highest BCUT2D eigenvalue weighted by Crippen LogP contribution is 2.36. The Morgan fingerprint density at radius 3 is 2.39 bits per heavy atom. The van der Waals surface area contributed by atoms with Crippen LogP contribution < -0.4 is 9.30 Å². The van der Waals surface area contributed by atoms with Crippen LogP contribution in [0.3, 0.4) is 0 Å². The van der Waals surface area contributed by atoms with Gasteiger partial charge < -0.3 is 4.74 Å². The maximum absolute atomic E-state index is 6.50. The third-order valence-electron chi connectivity index (χ3n) is 8.30. The van der Waals surface area contributed by atoms with E-state index >= 15 is 0 Å². The van der Waals surface area contributed by atoms with Gasteiger partial charge in [0.15, 0.2) is 0 Å². The van der Waals surface area contributed by atoms with E-state index in [4.69, 9.17) is 9.72 Å². The number of benzene rings is 4. The van der Waals surface area contributed by atoms with Crippen LogP contribution in [0.25, 0.3) is 39.0 Å². The van der Waals surface area contributed by atoms with Gasteiger partial charge in [0.2, 0.25) is 0 Å². The minimum absolute atomic E-state index is 0.0174. The van der Waals surface area contributed by atoms with Crippen LogP contribution in [-0.4, -0.2) is 14.1 Å². The van der Waals surface area contributed by atoms with Gasteiger partial charge in [-0.3, -0.25) is 13.7 Å². The number of para-hydroxylation sites is 1. The molecular weight excluding hydrogens is 540 g/mol. The minimum Gasteiger partial charge on any atom is -0.458 e. The summed E-state index contributed by atoms with van der Waals surface area (Å²) in [4.78, 5) is 4.81. The summed E-state index contributed by atoms with van der Waals surface area (Å²) in [6.45, 7) is 13.0. The highest BCUT2D eigenvalue weighted by Gasteiger charge is 2.18. The molecule has 0 fully saturated rings. The molecule has 0 bridgehead atoms. The average Bonchev–Trinajstić information content (AvgIpc) is 3.55. The Bertz CT molecular complexity index is 2180. The van der Waals surface area contributed by atoms with Crippen LogP contribution >= 0.6 is 0 Å². The summed E-state index contributed by atoms with van der Waals surface area (Å²) in [6, 6.07) is 33.8. The van der Waals surface area contributed by atoms with Gasteiger partial charge in [-0.25, -0.2) is 4.98 Å². The van der Waals surface area contributed by atoms with Crippen LogP contribution in [0.15, 0.2) is 109 Å². The minimum atomic E-state index is 0.0174. The molecule has 0 saturated carbocycles. The quantitative estimate of drug-likeness (QED) is 0.151. The molecule has 3 aromatic heterocycles. The summed E-state index contributed by atoms with van der Waals surface area (Å²) in [5, 5.41) is 2.35. The molecule has 3 heterocycles. The van der Waals surface area contributed by atoms with Gasteiger partial charge in [-0.2, -0.15) is 0 Å². The molecule has 0 N–H and O–H groups in total. The van der Waals surface area contributed by atoms with E-state index in [1.165, 1.54) is 22.1 Å². The molecule has 5 nitrogen and oxygen atoms in total. The highest BCUT2D eigenvalue weighted by atomic mass is 16.5. The molecule has 0 aliphatic carbocycles. The predicted molar refractivity (Wildman–Crippen MR) is 178 cm³/mol. The van der Waals surface area contributed by atoms with Crippen LogP contribution in [0, 0.1) is 27.1 Å². The number of aromatic nitrogens is 4. The first-order valence-corrected chi connectivity index (χ1v) is 15.0. The molecule has 0 aliphatic heterocycles.